The van der Waals surface area contributed by atoms with Crippen LogP contribution in [-0.4, -0.2) is 31.1 Å². The SMILES string of the molecule is N#CC1(C(O)CCc2ccccc2)CCS(=O)(=O)C1. The van der Waals surface area contributed by atoms with Crippen LogP contribution in [0.2, 0.25) is 0 Å². The van der Waals surface area contributed by atoms with E-state index in [9.17, 15) is 18.8 Å². The Morgan fingerprint density at radius 3 is 2.58 bits per heavy atom. The number of hydrogen-bond donors (Lipinski definition) is 1. The van der Waals surface area contributed by atoms with Crippen molar-refractivity contribution in [3.05, 3.63) is 35.9 Å². The molecule has 0 aromatic heterocycles. The molecular weight excluding hydrogens is 262 g/mol. The van der Waals surface area contributed by atoms with Crippen molar-refractivity contribution in [2.75, 3.05) is 11.5 Å². The van der Waals surface area contributed by atoms with Crippen molar-refractivity contribution in [1.29, 1.82) is 5.26 Å². The van der Waals surface area contributed by atoms with E-state index in [1.54, 1.807) is 0 Å². The lowest BCUT2D eigenvalue weighted by atomic mass is 9.80. The van der Waals surface area contributed by atoms with Crippen LogP contribution < -0.4 is 0 Å². The number of nitriles is 1. The smallest absolute Gasteiger partial charge is 0.152 e. The Labute approximate surface area is 113 Å². The summed E-state index contributed by atoms with van der Waals surface area (Å²) in [6.07, 6.45) is 0.398. The summed E-state index contributed by atoms with van der Waals surface area (Å²) in [4.78, 5) is 0. The minimum atomic E-state index is -3.18. The number of benzene rings is 1. The average Bonchev–Trinajstić information content (AvgIpc) is 2.74. The Kier molecular flexibility index (Phi) is 3.93. The van der Waals surface area contributed by atoms with Crippen LogP contribution in [0.15, 0.2) is 30.3 Å². The zero-order chi connectivity index (χ0) is 13.9. The van der Waals surface area contributed by atoms with Crippen molar-refractivity contribution in [2.45, 2.75) is 25.4 Å². The molecule has 1 heterocycles. The first-order valence-electron chi connectivity index (χ1n) is 6.31. The lowest BCUT2D eigenvalue weighted by Gasteiger charge is -2.25. The molecule has 4 nitrogen and oxygen atoms in total. The molecule has 1 aromatic rings. The van der Waals surface area contributed by atoms with Crippen molar-refractivity contribution in [2.24, 2.45) is 5.41 Å². The van der Waals surface area contributed by atoms with Crippen LogP contribution >= 0.6 is 0 Å². The minimum absolute atomic E-state index is 0.00293. The van der Waals surface area contributed by atoms with Crippen molar-refractivity contribution in [3.63, 3.8) is 0 Å². The molecule has 1 N–H and O–H groups in total. The zero-order valence-electron chi connectivity index (χ0n) is 10.6. The first kappa shape index (κ1) is 14.0. The molecule has 0 bridgehead atoms. The van der Waals surface area contributed by atoms with E-state index in [0.717, 1.165) is 5.56 Å². The fraction of sp³-hybridized carbons (Fsp3) is 0.500. The van der Waals surface area contributed by atoms with Gasteiger partial charge in [0.15, 0.2) is 9.84 Å². The first-order chi connectivity index (χ1) is 8.97. The van der Waals surface area contributed by atoms with Gasteiger partial charge in [-0.3, -0.25) is 0 Å². The van der Waals surface area contributed by atoms with E-state index in [1.807, 2.05) is 36.4 Å². The summed E-state index contributed by atoms with van der Waals surface area (Å²) < 4.78 is 23.0. The third kappa shape index (κ3) is 3.14. The third-order valence-electron chi connectivity index (χ3n) is 3.75. The van der Waals surface area contributed by atoms with Crippen LogP contribution in [0.4, 0.5) is 0 Å². The number of hydrogen-bond acceptors (Lipinski definition) is 4. The minimum Gasteiger partial charge on any atom is -0.391 e. The quantitative estimate of drug-likeness (QED) is 0.901. The largest absolute Gasteiger partial charge is 0.391 e. The van der Waals surface area contributed by atoms with Gasteiger partial charge >= 0.3 is 0 Å². The number of aryl methyl sites for hydroxylation is 1. The molecule has 1 aliphatic heterocycles. The molecule has 102 valence electrons. The topological polar surface area (TPSA) is 78.2 Å². The summed E-state index contributed by atoms with van der Waals surface area (Å²) in [5.41, 5.74) is -0.0383. The molecule has 0 spiro atoms. The van der Waals surface area contributed by atoms with E-state index >= 15 is 0 Å². The van der Waals surface area contributed by atoms with E-state index < -0.39 is 21.4 Å². The highest BCUT2D eigenvalue weighted by Crippen LogP contribution is 2.36. The predicted molar refractivity (Wildman–Crippen MR) is 72.1 cm³/mol. The summed E-state index contributed by atoms with van der Waals surface area (Å²) in [5, 5.41) is 19.4. The van der Waals surface area contributed by atoms with Gasteiger partial charge in [-0.1, -0.05) is 30.3 Å². The highest BCUT2D eigenvalue weighted by atomic mass is 32.2. The highest BCUT2D eigenvalue weighted by Gasteiger charge is 2.47. The Bertz CT molecular complexity index is 576. The maximum atomic E-state index is 11.5. The molecule has 1 saturated heterocycles. The van der Waals surface area contributed by atoms with Gasteiger partial charge in [0.25, 0.3) is 0 Å². The number of aliphatic hydroxyl groups is 1. The number of rotatable bonds is 4. The Morgan fingerprint density at radius 1 is 1.37 bits per heavy atom. The summed E-state index contributed by atoms with van der Waals surface area (Å²) in [6.45, 7) is 0. The molecule has 19 heavy (non-hydrogen) atoms. The molecule has 0 amide bonds. The first-order valence-corrected chi connectivity index (χ1v) is 8.13. The second kappa shape index (κ2) is 5.32. The van der Waals surface area contributed by atoms with Gasteiger partial charge < -0.3 is 5.11 Å². The van der Waals surface area contributed by atoms with E-state index in [2.05, 4.69) is 0 Å². The van der Waals surface area contributed by atoms with E-state index in [-0.39, 0.29) is 17.9 Å². The van der Waals surface area contributed by atoms with Gasteiger partial charge in [0.2, 0.25) is 0 Å². The molecule has 0 saturated carbocycles. The van der Waals surface area contributed by atoms with Crippen LogP contribution in [0.5, 0.6) is 0 Å². The van der Waals surface area contributed by atoms with Gasteiger partial charge in [0.1, 0.15) is 0 Å². The maximum Gasteiger partial charge on any atom is 0.152 e. The van der Waals surface area contributed by atoms with Crippen molar-refractivity contribution in [1.82, 2.24) is 0 Å². The molecule has 1 fully saturated rings. The Balaban J connectivity index is 2.03. The van der Waals surface area contributed by atoms with Crippen molar-refractivity contribution >= 4 is 9.84 Å². The Hall–Kier alpha value is -1.38. The van der Waals surface area contributed by atoms with Crippen LogP contribution in [0.1, 0.15) is 18.4 Å². The Morgan fingerprint density at radius 2 is 2.05 bits per heavy atom. The van der Waals surface area contributed by atoms with Gasteiger partial charge in [-0.25, -0.2) is 8.42 Å². The summed E-state index contributed by atoms with van der Waals surface area (Å²) in [5.74, 6) is -0.213. The number of aliphatic hydroxyl groups excluding tert-OH is 1. The van der Waals surface area contributed by atoms with Gasteiger partial charge in [-0.15, -0.1) is 0 Å². The summed E-state index contributed by atoms with van der Waals surface area (Å²) in [6, 6.07) is 11.7. The number of nitrogens with zero attached hydrogens (tertiary/aromatic N) is 1. The van der Waals surface area contributed by atoms with Gasteiger partial charge in [0.05, 0.1) is 29.1 Å². The van der Waals surface area contributed by atoms with E-state index in [4.69, 9.17) is 0 Å². The predicted octanol–water partition coefficient (Wildman–Crippen LogP) is 1.31. The fourth-order valence-corrected chi connectivity index (χ4v) is 4.53. The van der Waals surface area contributed by atoms with Crippen LogP contribution in [0, 0.1) is 16.7 Å². The van der Waals surface area contributed by atoms with Crippen molar-refractivity contribution in [3.8, 4) is 6.07 Å². The van der Waals surface area contributed by atoms with Crippen LogP contribution in [0.3, 0.4) is 0 Å². The zero-order valence-corrected chi connectivity index (χ0v) is 11.4. The van der Waals surface area contributed by atoms with E-state index in [1.165, 1.54) is 0 Å². The molecule has 2 atom stereocenters. The molecular formula is C14H17NO3S. The standard InChI is InChI=1S/C14H17NO3S/c15-10-14(8-9-19(17,18)11-14)13(16)7-6-12-4-2-1-3-5-12/h1-5,13,16H,6-9,11H2. The molecule has 0 radical (unpaired) electrons. The molecule has 1 aromatic carbocycles. The van der Waals surface area contributed by atoms with E-state index in [0.29, 0.717) is 12.8 Å². The second-order valence-electron chi connectivity index (χ2n) is 5.15. The van der Waals surface area contributed by atoms with Crippen LogP contribution in [-0.2, 0) is 16.3 Å². The lowest BCUT2D eigenvalue weighted by Crippen LogP contribution is -2.35. The monoisotopic (exact) mass is 279 g/mol. The lowest BCUT2D eigenvalue weighted by molar-refractivity contribution is 0.0718. The molecule has 0 aliphatic carbocycles. The number of sulfone groups is 1. The van der Waals surface area contributed by atoms with Crippen LogP contribution in [0.25, 0.3) is 0 Å². The van der Waals surface area contributed by atoms with Gasteiger partial charge in [-0.05, 0) is 24.8 Å². The second-order valence-corrected chi connectivity index (χ2v) is 7.33. The molecule has 5 heteroatoms. The average molecular weight is 279 g/mol. The third-order valence-corrected chi connectivity index (χ3v) is 5.53. The summed E-state index contributed by atoms with van der Waals surface area (Å²) >= 11 is 0. The maximum absolute atomic E-state index is 11.5. The fourth-order valence-electron chi connectivity index (χ4n) is 2.52. The normalized spacial score (nSPS) is 26.7. The molecule has 2 rings (SSSR count). The molecule has 1 aliphatic rings. The summed E-state index contributed by atoms with van der Waals surface area (Å²) in [7, 11) is -3.18. The van der Waals surface area contributed by atoms with Gasteiger partial charge in [0, 0.05) is 0 Å². The van der Waals surface area contributed by atoms with Gasteiger partial charge in [-0.2, -0.15) is 5.26 Å². The van der Waals surface area contributed by atoms with Crippen molar-refractivity contribution < 1.29 is 13.5 Å². The highest BCUT2D eigenvalue weighted by molar-refractivity contribution is 7.91. The molecule has 2 unspecified atom stereocenters.